The number of methoxy groups -OCH3 is 1. The third-order valence-corrected chi connectivity index (χ3v) is 3.07. The fourth-order valence-electron chi connectivity index (χ4n) is 1.23. The lowest BCUT2D eigenvalue weighted by Crippen LogP contribution is -2.40. The molecule has 0 radical (unpaired) electrons. The van der Waals surface area contributed by atoms with Gasteiger partial charge in [-0.15, -0.1) is 0 Å². The largest absolute Gasteiger partial charge is 0.468 e. The van der Waals surface area contributed by atoms with Crippen LogP contribution in [0, 0.1) is 0 Å². The number of nitrogens with two attached hydrogens (primary N) is 1. The molecule has 0 saturated heterocycles. The quantitative estimate of drug-likeness (QED) is 0.745. The highest BCUT2D eigenvalue weighted by Gasteiger charge is 2.21. The second-order valence-electron chi connectivity index (χ2n) is 3.37. The van der Waals surface area contributed by atoms with E-state index < -0.39 is 22.7 Å². The van der Waals surface area contributed by atoms with Crippen LogP contribution in [-0.2, 0) is 26.3 Å². The number of carbonyl (C=O) groups excluding carboxylic acids is 1. The Morgan fingerprint density at radius 3 is 2.41 bits per heavy atom. The van der Waals surface area contributed by atoms with Gasteiger partial charge in [0.2, 0.25) is 0 Å². The molecule has 0 aliphatic rings. The van der Waals surface area contributed by atoms with Gasteiger partial charge in [0, 0.05) is 6.54 Å². The average molecular weight is 258 g/mol. The molecule has 7 heteroatoms. The van der Waals surface area contributed by atoms with E-state index in [1.54, 1.807) is 24.3 Å². The minimum atomic E-state index is -3.94. The van der Waals surface area contributed by atoms with E-state index in [2.05, 4.69) is 4.74 Å². The zero-order chi connectivity index (χ0) is 12.9. The summed E-state index contributed by atoms with van der Waals surface area (Å²) in [5.74, 6) is -0.657. The van der Waals surface area contributed by atoms with E-state index in [0.29, 0.717) is 0 Å². The van der Waals surface area contributed by atoms with Gasteiger partial charge in [-0.2, -0.15) is 12.7 Å². The Hall–Kier alpha value is -1.44. The molecule has 0 heterocycles. The summed E-state index contributed by atoms with van der Waals surface area (Å²) < 4.78 is 27.8. The molecular formula is C10H14N2O4S. The lowest BCUT2D eigenvalue weighted by Gasteiger charge is -2.17. The first kappa shape index (κ1) is 13.6. The Morgan fingerprint density at radius 1 is 1.35 bits per heavy atom. The molecule has 2 N–H and O–H groups in total. The maximum Gasteiger partial charge on any atom is 0.321 e. The van der Waals surface area contributed by atoms with Crippen LogP contribution in [0.4, 0.5) is 0 Å². The second kappa shape index (κ2) is 5.76. The number of carbonyl (C=O) groups is 1. The Labute approximate surface area is 100 Å². The van der Waals surface area contributed by atoms with Crippen molar-refractivity contribution in [2.45, 2.75) is 6.54 Å². The summed E-state index contributed by atoms with van der Waals surface area (Å²) in [6.45, 7) is -0.362. The molecule has 0 saturated carbocycles. The van der Waals surface area contributed by atoms with Crippen LogP contribution in [0.2, 0.25) is 0 Å². The molecule has 1 aromatic carbocycles. The van der Waals surface area contributed by atoms with Crippen molar-refractivity contribution < 1.29 is 17.9 Å². The molecule has 0 spiro atoms. The van der Waals surface area contributed by atoms with Gasteiger partial charge in [-0.3, -0.25) is 4.79 Å². The number of hydrogen-bond donors (Lipinski definition) is 1. The zero-order valence-electron chi connectivity index (χ0n) is 9.37. The van der Waals surface area contributed by atoms with E-state index in [0.717, 1.165) is 9.87 Å². The number of esters is 1. The van der Waals surface area contributed by atoms with Gasteiger partial charge in [-0.05, 0) is 5.56 Å². The number of rotatable bonds is 5. The lowest BCUT2D eigenvalue weighted by molar-refractivity contribution is -0.140. The minimum absolute atomic E-state index is 0.0365. The van der Waals surface area contributed by atoms with Gasteiger partial charge in [-0.25, -0.2) is 5.14 Å². The van der Waals surface area contributed by atoms with Gasteiger partial charge in [0.15, 0.2) is 0 Å². The van der Waals surface area contributed by atoms with E-state index in [1.807, 2.05) is 6.07 Å². The van der Waals surface area contributed by atoms with Crippen LogP contribution in [-0.4, -0.2) is 32.3 Å². The maximum atomic E-state index is 11.3. The first-order valence-electron chi connectivity index (χ1n) is 4.82. The fraction of sp³-hybridized carbons (Fsp3) is 0.300. The molecule has 6 nitrogen and oxygen atoms in total. The molecule has 0 bridgehead atoms. The summed E-state index contributed by atoms with van der Waals surface area (Å²) in [4.78, 5) is 11.1. The molecule has 0 fully saturated rings. The Kier molecular flexibility index (Phi) is 4.62. The van der Waals surface area contributed by atoms with E-state index in [1.165, 1.54) is 7.11 Å². The van der Waals surface area contributed by atoms with Gasteiger partial charge in [0.1, 0.15) is 6.54 Å². The van der Waals surface area contributed by atoms with Gasteiger partial charge < -0.3 is 4.74 Å². The highest BCUT2D eigenvalue weighted by molar-refractivity contribution is 7.86. The minimum Gasteiger partial charge on any atom is -0.468 e. The average Bonchev–Trinajstić information content (AvgIpc) is 2.28. The molecule has 0 aromatic heterocycles. The van der Waals surface area contributed by atoms with Crippen LogP contribution in [0.25, 0.3) is 0 Å². The van der Waals surface area contributed by atoms with E-state index >= 15 is 0 Å². The highest BCUT2D eigenvalue weighted by Crippen LogP contribution is 2.06. The first-order valence-corrected chi connectivity index (χ1v) is 6.32. The molecule has 17 heavy (non-hydrogen) atoms. The Balaban J connectivity index is 2.82. The van der Waals surface area contributed by atoms with Gasteiger partial charge in [0.25, 0.3) is 10.2 Å². The van der Waals surface area contributed by atoms with Crippen LogP contribution in [0.3, 0.4) is 0 Å². The normalized spacial score (nSPS) is 11.5. The molecule has 0 atom stereocenters. The van der Waals surface area contributed by atoms with E-state index in [-0.39, 0.29) is 6.54 Å². The number of nitrogens with zero attached hydrogens (tertiary/aromatic N) is 1. The number of ether oxygens (including phenoxy) is 1. The standard InChI is InChI=1S/C10H14N2O4S/c1-16-10(13)8-12(17(11,14)15)7-9-5-3-2-4-6-9/h2-6H,7-8H2,1H3,(H2,11,14,15). The highest BCUT2D eigenvalue weighted by atomic mass is 32.2. The monoisotopic (exact) mass is 258 g/mol. The Morgan fingerprint density at radius 2 is 1.94 bits per heavy atom. The van der Waals surface area contributed by atoms with Gasteiger partial charge >= 0.3 is 5.97 Å². The maximum absolute atomic E-state index is 11.3. The number of hydrogen-bond acceptors (Lipinski definition) is 4. The molecule has 94 valence electrons. The van der Waals surface area contributed by atoms with Crippen LogP contribution >= 0.6 is 0 Å². The molecule has 0 aliphatic heterocycles. The number of benzene rings is 1. The van der Waals surface area contributed by atoms with Crippen molar-refractivity contribution in [3.8, 4) is 0 Å². The SMILES string of the molecule is COC(=O)CN(Cc1ccccc1)S(N)(=O)=O. The summed E-state index contributed by atoms with van der Waals surface area (Å²) in [5, 5.41) is 5.02. The lowest BCUT2D eigenvalue weighted by atomic mass is 10.2. The van der Waals surface area contributed by atoms with Crippen LogP contribution in [0.5, 0.6) is 0 Å². The van der Waals surface area contributed by atoms with Crippen molar-refractivity contribution in [3.63, 3.8) is 0 Å². The van der Waals surface area contributed by atoms with Crippen LogP contribution in [0.15, 0.2) is 30.3 Å². The van der Waals surface area contributed by atoms with Crippen molar-refractivity contribution in [1.82, 2.24) is 4.31 Å². The van der Waals surface area contributed by atoms with E-state index in [9.17, 15) is 13.2 Å². The van der Waals surface area contributed by atoms with Crippen LogP contribution in [0.1, 0.15) is 5.56 Å². The molecule has 1 aromatic rings. The molecule has 0 unspecified atom stereocenters. The Bertz CT molecular complexity index is 472. The fourth-order valence-corrected chi connectivity index (χ4v) is 1.85. The third-order valence-electron chi connectivity index (χ3n) is 2.09. The molecule has 1 rings (SSSR count). The van der Waals surface area contributed by atoms with Crippen LogP contribution < -0.4 is 5.14 Å². The summed E-state index contributed by atoms with van der Waals surface area (Å²) in [7, 11) is -2.75. The van der Waals surface area contributed by atoms with Gasteiger partial charge in [-0.1, -0.05) is 30.3 Å². The van der Waals surface area contributed by atoms with Crippen molar-refractivity contribution in [2.75, 3.05) is 13.7 Å². The molecule has 0 amide bonds. The smallest absolute Gasteiger partial charge is 0.321 e. The van der Waals surface area contributed by atoms with Gasteiger partial charge in [0.05, 0.1) is 7.11 Å². The summed E-state index contributed by atoms with van der Waals surface area (Å²) in [6, 6.07) is 8.85. The zero-order valence-corrected chi connectivity index (χ0v) is 10.2. The van der Waals surface area contributed by atoms with Crippen molar-refractivity contribution in [1.29, 1.82) is 0 Å². The predicted molar refractivity (Wildman–Crippen MR) is 62.0 cm³/mol. The third kappa shape index (κ3) is 4.51. The summed E-state index contributed by atoms with van der Waals surface area (Å²) >= 11 is 0. The topological polar surface area (TPSA) is 89.7 Å². The second-order valence-corrected chi connectivity index (χ2v) is 4.92. The predicted octanol–water partition coefficient (Wildman–Crippen LogP) is -0.135. The first-order chi connectivity index (χ1) is 7.93. The van der Waals surface area contributed by atoms with Crippen molar-refractivity contribution in [3.05, 3.63) is 35.9 Å². The summed E-state index contributed by atoms with van der Waals surface area (Å²) in [6.07, 6.45) is 0. The molecular weight excluding hydrogens is 244 g/mol. The summed E-state index contributed by atoms with van der Waals surface area (Å²) in [5.41, 5.74) is 0.741. The van der Waals surface area contributed by atoms with E-state index in [4.69, 9.17) is 5.14 Å². The molecule has 0 aliphatic carbocycles. The van der Waals surface area contributed by atoms with Crippen molar-refractivity contribution >= 4 is 16.2 Å². The van der Waals surface area contributed by atoms with Crippen molar-refractivity contribution in [2.24, 2.45) is 5.14 Å².